The van der Waals surface area contributed by atoms with E-state index >= 15 is 0 Å². The molecule has 2 aromatic rings. The molecule has 3 N–H and O–H groups in total. The lowest BCUT2D eigenvalue weighted by Crippen LogP contribution is -2.21. The van der Waals surface area contributed by atoms with E-state index < -0.39 is 5.75 Å². The zero-order chi connectivity index (χ0) is 20.3. The molecule has 1 aromatic carbocycles. The molecule has 1 aromatic heterocycles. The van der Waals surface area contributed by atoms with Gasteiger partial charge in [-0.2, -0.15) is 5.10 Å². The van der Waals surface area contributed by atoms with E-state index in [2.05, 4.69) is 31.3 Å². The Kier molecular flexibility index (Phi) is 6.13. The molecule has 6 nitrogen and oxygen atoms in total. The highest BCUT2D eigenvalue weighted by molar-refractivity contribution is 7.07. The Morgan fingerprint density at radius 1 is 1.11 bits per heavy atom. The molecule has 28 heavy (non-hydrogen) atoms. The van der Waals surface area contributed by atoms with E-state index in [1.165, 1.54) is 37.6 Å². The lowest BCUT2D eigenvalue weighted by molar-refractivity contribution is 0.367. The molecule has 152 valence electrons. The summed E-state index contributed by atoms with van der Waals surface area (Å²) in [5.74, 6) is -1.29. The third-order valence-electron chi connectivity index (χ3n) is 4.81. The zero-order valence-electron chi connectivity index (χ0n) is 16.7. The number of hydrogen-bond acceptors (Lipinski definition) is 6. The third-order valence-corrected chi connectivity index (χ3v) is 5.69. The van der Waals surface area contributed by atoms with Crippen molar-refractivity contribution in [2.75, 3.05) is 0 Å². The van der Waals surface area contributed by atoms with Crippen LogP contribution >= 0.6 is 11.3 Å². The fraction of sp³-hybridized carbons (Fsp3) is 0.524. The Morgan fingerprint density at radius 2 is 1.82 bits per heavy atom. The summed E-state index contributed by atoms with van der Waals surface area (Å²) in [6.45, 7) is 6.54. The van der Waals surface area contributed by atoms with Crippen molar-refractivity contribution in [3.63, 3.8) is 0 Å². The number of benzene rings is 1. The minimum atomic E-state index is -0.540. The fourth-order valence-electron chi connectivity index (χ4n) is 3.39. The van der Waals surface area contributed by atoms with Crippen LogP contribution in [0.5, 0.6) is 17.2 Å². The lowest BCUT2D eigenvalue weighted by atomic mass is 9.91. The van der Waals surface area contributed by atoms with Gasteiger partial charge >= 0.3 is 0 Å². The van der Waals surface area contributed by atoms with Crippen LogP contribution < -0.4 is 4.80 Å². The van der Waals surface area contributed by atoms with Gasteiger partial charge < -0.3 is 15.3 Å². The monoisotopic (exact) mass is 403 g/mol. The average Bonchev–Trinajstić information content (AvgIpc) is 2.99. The van der Waals surface area contributed by atoms with Gasteiger partial charge in [0.25, 0.3) is 0 Å². The summed E-state index contributed by atoms with van der Waals surface area (Å²) in [7, 11) is 0. The van der Waals surface area contributed by atoms with E-state index in [0.29, 0.717) is 11.6 Å². The molecule has 1 heterocycles. The van der Waals surface area contributed by atoms with Crippen LogP contribution in [0.25, 0.3) is 0 Å². The predicted molar refractivity (Wildman–Crippen MR) is 112 cm³/mol. The van der Waals surface area contributed by atoms with Crippen LogP contribution in [-0.4, -0.2) is 32.3 Å². The molecule has 0 spiro atoms. The van der Waals surface area contributed by atoms with E-state index in [-0.39, 0.29) is 16.9 Å². The summed E-state index contributed by atoms with van der Waals surface area (Å²) >= 11 is 1.59. The topological polar surface area (TPSA) is 90.3 Å². The van der Waals surface area contributed by atoms with Crippen molar-refractivity contribution in [3.05, 3.63) is 33.6 Å². The number of phenols is 3. The molecular weight excluding hydrogens is 374 g/mol. The molecule has 1 aliphatic rings. The molecule has 0 aliphatic heterocycles. The first-order valence-corrected chi connectivity index (χ1v) is 10.6. The van der Waals surface area contributed by atoms with Crippen molar-refractivity contribution in [3.8, 4) is 17.2 Å². The summed E-state index contributed by atoms with van der Waals surface area (Å²) in [5.41, 5.74) is 1.49. The van der Waals surface area contributed by atoms with Crippen molar-refractivity contribution in [2.45, 2.75) is 65.3 Å². The van der Waals surface area contributed by atoms with Gasteiger partial charge in [-0.15, -0.1) is 11.3 Å². The van der Waals surface area contributed by atoms with Gasteiger partial charge in [-0.1, -0.05) is 40.0 Å². The van der Waals surface area contributed by atoms with E-state index in [1.807, 2.05) is 4.68 Å². The molecule has 1 aliphatic carbocycles. The van der Waals surface area contributed by atoms with Crippen LogP contribution in [0.2, 0.25) is 0 Å². The van der Waals surface area contributed by atoms with Crippen molar-refractivity contribution in [2.24, 2.45) is 15.5 Å². The number of hydrogen-bond donors (Lipinski definition) is 3. The number of aromatic hydroxyl groups is 3. The van der Waals surface area contributed by atoms with Gasteiger partial charge in [0.15, 0.2) is 11.5 Å². The number of thiazole rings is 1. The van der Waals surface area contributed by atoms with E-state index in [1.54, 1.807) is 11.3 Å². The summed E-state index contributed by atoms with van der Waals surface area (Å²) in [4.78, 5) is 5.80. The molecule has 7 heteroatoms. The summed E-state index contributed by atoms with van der Waals surface area (Å²) in [5, 5.41) is 36.0. The highest BCUT2D eigenvalue weighted by Crippen LogP contribution is 2.36. The van der Waals surface area contributed by atoms with E-state index in [9.17, 15) is 15.3 Å². The Hall–Kier alpha value is -2.28. The first-order chi connectivity index (χ1) is 13.2. The van der Waals surface area contributed by atoms with Crippen molar-refractivity contribution in [1.29, 1.82) is 0 Å². The van der Waals surface area contributed by atoms with Crippen LogP contribution in [0.3, 0.4) is 0 Å². The quantitative estimate of drug-likeness (QED) is 0.523. The van der Waals surface area contributed by atoms with Crippen LogP contribution in [0.15, 0.2) is 27.6 Å². The molecule has 0 bridgehead atoms. The van der Waals surface area contributed by atoms with Gasteiger partial charge in [-0.05, 0) is 36.8 Å². The molecule has 0 radical (unpaired) electrons. The second-order valence-electron chi connectivity index (χ2n) is 8.60. The molecule has 0 amide bonds. The van der Waals surface area contributed by atoms with E-state index in [4.69, 9.17) is 4.99 Å². The molecule has 0 saturated heterocycles. The first kappa shape index (κ1) is 20.5. The molecule has 1 fully saturated rings. The smallest absolute Gasteiger partial charge is 0.206 e. The maximum Gasteiger partial charge on any atom is 0.206 e. The van der Waals surface area contributed by atoms with Gasteiger partial charge in [0.1, 0.15) is 0 Å². The minimum absolute atomic E-state index is 0.0966. The third kappa shape index (κ3) is 4.95. The maximum atomic E-state index is 10.1. The molecule has 0 unspecified atom stereocenters. The van der Waals surface area contributed by atoms with Gasteiger partial charge in [0, 0.05) is 10.9 Å². The molecule has 0 atom stereocenters. The summed E-state index contributed by atoms with van der Waals surface area (Å²) < 4.78 is 1.84. The zero-order valence-corrected chi connectivity index (χ0v) is 17.5. The standard InChI is InChI=1S/C21H29N3O3S/c1-21(2,3)11-16-13-28-20(23-15-7-5-4-6-8-15)24(16)22-12-14-9-10-17(25)19(27)18(14)26/h9-10,12-13,15,25-27H,4-8,11H2,1-3H3/b22-12+,23-20?. The normalized spacial score (nSPS) is 16.9. The summed E-state index contributed by atoms with van der Waals surface area (Å²) in [6, 6.07) is 3.18. The highest BCUT2D eigenvalue weighted by Gasteiger charge is 2.17. The number of rotatable bonds is 4. The molecule has 3 rings (SSSR count). The van der Waals surface area contributed by atoms with Crippen molar-refractivity contribution in [1.82, 2.24) is 4.68 Å². The SMILES string of the molecule is CC(C)(C)Cc1csc(=NC2CCCCC2)n1/N=C/c1ccc(O)c(O)c1O. The van der Waals surface area contributed by atoms with Crippen LogP contribution in [0.4, 0.5) is 0 Å². The number of aromatic nitrogens is 1. The maximum absolute atomic E-state index is 10.1. The Labute approximate surface area is 169 Å². The Bertz CT molecular complexity index is 916. The van der Waals surface area contributed by atoms with Gasteiger partial charge in [0.2, 0.25) is 10.6 Å². The second-order valence-corrected chi connectivity index (χ2v) is 9.43. The largest absolute Gasteiger partial charge is 0.504 e. The molecule has 1 saturated carbocycles. The van der Waals surface area contributed by atoms with E-state index in [0.717, 1.165) is 29.8 Å². The predicted octanol–water partition coefficient (Wildman–Crippen LogP) is 4.37. The molecular formula is C21H29N3O3S. The van der Waals surface area contributed by atoms with Crippen LogP contribution in [0.1, 0.15) is 64.1 Å². The highest BCUT2D eigenvalue weighted by atomic mass is 32.1. The van der Waals surface area contributed by atoms with Crippen molar-refractivity contribution >= 4 is 17.6 Å². The first-order valence-electron chi connectivity index (χ1n) is 9.76. The Morgan fingerprint density at radius 3 is 2.50 bits per heavy atom. The second kappa shape index (κ2) is 8.39. The average molecular weight is 404 g/mol. The van der Waals surface area contributed by atoms with Crippen LogP contribution in [-0.2, 0) is 6.42 Å². The lowest BCUT2D eigenvalue weighted by Gasteiger charge is -2.18. The summed E-state index contributed by atoms with van der Waals surface area (Å²) in [6.07, 6.45) is 8.29. The van der Waals surface area contributed by atoms with Gasteiger partial charge in [0.05, 0.1) is 18.0 Å². The Balaban J connectivity index is 2.00. The van der Waals surface area contributed by atoms with Crippen molar-refractivity contribution < 1.29 is 15.3 Å². The fourth-order valence-corrected chi connectivity index (χ4v) is 4.29. The van der Waals surface area contributed by atoms with Gasteiger partial charge in [-0.3, -0.25) is 4.99 Å². The van der Waals surface area contributed by atoms with Gasteiger partial charge in [-0.25, -0.2) is 4.68 Å². The number of nitrogens with zero attached hydrogens (tertiary/aromatic N) is 3. The number of phenolic OH excluding ortho intramolecular Hbond substituents is 3. The van der Waals surface area contributed by atoms with Crippen LogP contribution in [0, 0.1) is 5.41 Å². The minimum Gasteiger partial charge on any atom is -0.504 e.